The van der Waals surface area contributed by atoms with Crippen molar-refractivity contribution in [1.82, 2.24) is 20.2 Å². The molecule has 0 aromatic carbocycles. The molecule has 0 aliphatic rings. The summed E-state index contributed by atoms with van der Waals surface area (Å²) >= 11 is 1.36. The highest BCUT2D eigenvalue weighted by atomic mass is 32.1. The molecule has 2 aromatic rings. The molecule has 1 amide bonds. The molecule has 0 aliphatic heterocycles. The van der Waals surface area contributed by atoms with Crippen molar-refractivity contribution in [1.29, 1.82) is 0 Å². The number of methoxy groups -OCH3 is 1. The van der Waals surface area contributed by atoms with Gasteiger partial charge in [-0.05, 0) is 21.9 Å². The first-order valence-electron chi connectivity index (χ1n) is 4.91. The molecule has 0 unspecified atom stereocenters. The zero-order chi connectivity index (χ0) is 12.1. The summed E-state index contributed by atoms with van der Waals surface area (Å²) in [6, 6.07) is 3.55. The Bertz CT molecular complexity index is 481. The monoisotopic (exact) mass is 253 g/mol. The van der Waals surface area contributed by atoms with Crippen molar-refractivity contribution >= 4 is 23.2 Å². The number of tetrazole rings is 1. The molecule has 0 bridgehead atoms. The molecule has 1 N–H and O–H groups in total. The summed E-state index contributed by atoms with van der Waals surface area (Å²) in [5.74, 6) is 0.105. The molecule has 0 atom stereocenters. The molecule has 0 saturated carbocycles. The second kappa shape index (κ2) is 5.51. The molecule has 17 heavy (non-hydrogen) atoms. The van der Waals surface area contributed by atoms with Crippen molar-refractivity contribution < 1.29 is 9.53 Å². The van der Waals surface area contributed by atoms with Crippen LogP contribution >= 0.6 is 11.3 Å². The van der Waals surface area contributed by atoms with Crippen LogP contribution in [0.2, 0.25) is 0 Å². The Labute approximate surface area is 101 Å². The van der Waals surface area contributed by atoms with Crippen molar-refractivity contribution in [2.24, 2.45) is 0 Å². The largest absolute Gasteiger partial charge is 0.383 e. The topological polar surface area (TPSA) is 81.9 Å². The Kier molecular flexibility index (Phi) is 3.78. The molecule has 2 aromatic heterocycles. The molecule has 0 fully saturated rings. The standard InChI is InChI=1S/C9H11N5O2S/c1-16-5-4-14-9(11-12-13-14)10-8(15)7-3-2-6-17-7/h2-3,6H,4-5H2,1H3,(H,10,11,13,15). The summed E-state index contributed by atoms with van der Waals surface area (Å²) in [6.45, 7) is 0.969. The maximum absolute atomic E-state index is 11.8. The summed E-state index contributed by atoms with van der Waals surface area (Å²) < 4.78 is 6.40. The van der Waals surface area contributed by atoms with Crippen LogP contribution in [0.3, 0.4) is 0 Å². The molecular weight excluding hydrogens is 242 g/mol. The van der Waals surface area contributed by atoms with E-state index in [1.807, 2.05) is 11.4 Å². The molecule has 7 nitrogen and oxygen atoms in total. The van der Waals surface area contributed by atoms with E-state index in [0.717, 1.165) is 0 Å². The van der Waals surface area contributed by atoms with Gasteiger partial charge in [-0.2, -0.15) is 0 Å². The number of carbonyl (C=O) groups excluding carboxylic acids is 1. The van der Waals surface area contributed by atoms with Crippen LogP contribution in [0.5, 0.6) is 0 Å². The average Bonchev–Trinajstić information content (AvgIpc) is 2.97. The number of amides is 1. The number of nitrogens with one attached hydrogen (secondary N) is 1. The minimum absolute atomic E-state index is 0.214. The first-order valence-corrected chi connectivity index (χ1v) is 5.79. The summed E-state index contributed by atoms with van der Waals surface area (Å²) in [4.78, 5) is 12.4. The number of hydrogen-bond donors (Lipinski definition) is 1. The quantitative estimate of drug-likeness (QED) is 0.845. The van der Waals surface area contributed by atoms with Crippen LogP contribution < -0.4 is 5.32 Å². The maximum atomic E-state index is 11.8. The normalized spacial score (nSPS) is 10.4. The van der Waals surface area contributed by atoms with Gasteiger partial charge in [-0.3, -0.25) is 10.1 Å². The predicted molar refractivity (Wildman–Crippen MR) is 62.0 cm³/mol. The number of anilines is 1. The van der Waals surface area contributed by atoms with Gasteiger partial charge in [-0.25, -0.2) is 4.68 Å². The number of nitrogens with zero attached hydrogens (tertiary/aromatic N) is 4. The van der Waals surface area contributed by atoms with E-state index in [0.29, 0.717) is 24.0 Å². The van der Waals surface area contributed by atoms with Crippen molar-refractivity contribution in [2.45, 2.75) is 6.54 Å². The molecule has 2 heterocycles. The van der Waals surface area contributed by atoms with Crippen LogP contribution in [0.15, 0.2) is 17.5 Å². The smallest absolute Gasteiger partial charge is 0.268 e. The number of rotatable bonds is 5. The van der Waals surface area contributed by atoms with Gasteiger partial charge in [0, 0.05) is 7.11 Å². The van der Waals surface area contributed by atoms with Crippen LogP contribution in [0.25, 0.3) is 0 Å². The number of thiophene rings is 1. The fourth-order valence-electron chi connectivity index (χ4n) is 1.19. The first kappa shape index (κ1) is 11.7. The number of carbonyl (C=O) groups is 1. The zero-order valence-electron chi connectivity index (χ0n) is 9.16. The van der Waals surface area contributed by atoms with Gasteiger partial charge < -0.3 is 4.74 Å². The lowest BCUT2D eigenvalue weighted by Gasteiger charge is -2.04. The van der Waals surface area contributed by atoms with Crippen molar-refractivity contribution in [2.75, 3.05) is 19.0 Å². The summed E-state index contributed by atoms with van der Waals surface area (Å²) in [7, 11) is 1.59. The Morgan fingerprint density at radius 1 is 1.65 bits per heavy atom. The van der Waals surface area contributed by atoms with Crippen LogP contribution in [0, 0.1) is 0 Å². The molecule has 0 aliphatic carbocycles. The lowest BCUT2D eigenvalue weighted by Crippen LogP contribution is -2.16. The average molecular weight is 253 g/mol. The van der Waals surface area contributed by atoms with Gasteiger partial charge in [0.2, 0.25) is 5.95 Å². The second-order valence-corrected chi connectivity index (χ2v) is 4.10. The highest BCUT2D eigenvalue weighted by Gasteiger charge is 2.12. The van der Waals surface area contributed by atoms with E-state index in [9.17, 15) is 4.79 Å². The molecule has 8 heteroatoms. The molecule has 0 saturated heterocycles. The van der Waals surface area contributed by atoms with Gasteiger partial charge in [0.15, 0.2) is 0 Å². The lowest BCUT2D eigenvalue weighted by molar-refractivity contribution is 0.102. The lowest BCUT2D eigenvalue weighted by atomic mass is 10.4. The van der Waals surface area contributed by atoms with Gasteiger partial charge in [0.05, 0.1) is 18.0 Å². The fourth-order valence-corrected chi connectivity index (χ4v) is 1.81. The molecule has 2 rings (SSSR count). The summed E-state index contributed by atoms with van der Waals surface area (Å²) in [5.41, 5.74) is 0. The molecule has 0 spiro atoms. The Hall–Kier alpha value is -1.80. The zero-order valence-corrected chi connectivity index (χ0v) is 9.98. The number of hydrogen-bond acceptors (Lipinski definition) is 6. The first-order chi connectivity index (χ1) is 8.31. The highest BCUT2D eigenvalue weighted by Crippen LogP contribution is 2.10. The minimum atomic E-state index is -0.214. The van der Waals surface area contributed by atoms with Crippen LogP contribution in [-0.4, -0.2) is 39.8 Å². The van der Waals surface area contributed by atoms with Crippen molar-refractivity contribution in [3.63, 3.8) is 0 Å². The van der Waals surface area contributed by atoms with Gasteiger partial charge in [-0.1, -0.05) is 11.2 Å². The number of aromatic nitrogens is 4. The Morgan fingerprint density at radius 3 is 3.24 bits per heavy atom. The Morgan fingerprint density at radius 2 is 2.53 bits per heavy atom. The van der Waals surface area contributed by atoms with Gasteiger partial charge in [0.25, 0.3) is 5.91 Å². The third-order valence-corrected chi connectivity index (χ3v) is 2.88. The van der Waals surface area contributed by atoms with E-state index in [-0.39, 0.29) is 5.91 Å². The maximum Gasteiger partial charge on any atom is 0.268 e. The SMILES string of the molecule is COCCn1nnnc1NC(=O)c1cccs1. The second-order valence-electron chi connectivity index (χ2n) is 3.15. The van der Waals surface area contributed by atoms with Gasteiger partial charge in [-0.15, -0.1) is 11.3 Å². The van der Waals surface area contributed by atoms with Gasteiger partial charge in [0.1, 0.15) is 0 Å². The van der Waals surface area contributed by atoms with E-state index in [1.54, 1.807) is 13.2 Å². The minimum Gasteiger partial charge on any atom is -0.383 e. The number of ether oxygens (including phenoxy) is 1. The molecule has 0 radical (unpaired) electrons. The third-order valence-electron chi connectivity index (χ3n) is 2.01. The van der Waals surface area contributed by atoms with E-state index in [2.05, 4.69) is 20.8 Å². The molecule has 90 valence electrons. The van der Waals surface area contributed by atoms with E-state index in [4.69, 9.17) is 4.74 Å². The van der Waals surface area contributed by atoms with E-state index >= 15 is 0 Å². The van der Waals surface area contributed by atoms with Crippen molar-refractivity contribution in [3.8, 4) is 0 Å². The van der Waals surface area contributed by atoms with E-state index < -0.39 is 0 Å². The van der Waals surface area contributed by atoms with Gasteiger partial charge >= 0.3 is 0 Å². The fraction of sp³-hybridized carbons (Fsp3) is 0.333. The predicted octanol–water partition coefficient (Wildman–Crippen LogP) is 0.633. The van der Waals surface area contributed by atoms with Crippen LogP contribution in [0.4, 0.5) is 5.95 Å². The van der Waals surface area contributed by atoms with Crippen LogP contribution in [-0.2, 0) is 11.3 Å². The summed E-state index contributed by atoms with van der Waals surface area (Å²) in [6.07, 6.45) is 0. The highest BCUT2D eigenvalue weighted by molar-refractivity contribution is 7.12. The van der Waals surface area contributed by atoms with Crippen LogP contribution in [0.1, 0.15) is 9.67 Å². The Balaban J connectivity index is 2.03. The van der Waals surface area contributed by atoms with Crippen molar-refractivity contribution in [3.05, 3.63) is 22.4 Å². The van der Waals surface area contributed by atoms with E-state index in [1.165, 1.54) is 16.0 Å². The third kappa shape index (κ3) is 2.86. The molecular formula is C9H11N5O2S. The summed E-state index contributed by atoms with van der Waals surface area (Å²) in [5, 5.41) is 15.5.